The van der Waals surface area contributed by atoms with E-state index in [2.05, 4.69) is 28.0 Å². The minimum absolute atomic E-state index is 0.234. The van der Waals surface area contributed by atoms with E-state index in [-0.39, 0.29) is 6.04 Å². The molecule has 0 unspecified atom stereocenters. The van der Waals surface area contributed by atoms with Gasteiger partial charge in [-0.3, -0.25) is 4.90 Å². The van der Waals surface area contributed by atoms with Crippen LogP contribution in [0.25, 0.3) is 0 Å². The molecule has 0 aliphatic carbocycles. The van der Waals surface area contributed by atoms with Crippen molar-refractivity contribution in [1.29, 1.82) is 0 Å². The number of rotatable bonds is 4. The van der Waals surface area contributed by atoms with Crippen molar-refractivity contribution < 1.29 is 8.42 Å². The van der Waals surface area contributed by atoms with Gasteiger partial charge in [0.2, 0.25) is 10.0 Å². The Hall–Kier alpha value is -0.430. The van der Waals surface area contributed by atoms with Crippen LogP contribution in [0.5, 0.6) is 0 Å². The largest absolute Gasteiger partial charge is 0.295 e. The van der Waals surface area contributed by atoms with Gasteiger partial charge in [-0.05, 0) is 30.4 Å². The van der Waals surface area contributed by atoms with E-state index in [1.165, 1.54) is 16.7 Å². The molecular formula is C11H18N2O2S2. The maximum absolute atomic E-state index is 11.0. The third-order valence-corrected chi connectivity index (χ3v) is 4.82. The molecule has 2 rings (SSSR count). The highest BCUT2D eigenvalue weighted by Gasteiger charge is 2.21. The average molecular weight is 274 g/mol. The Morgan fingerprint density at radius 2 is 2.35 bits per heavy atom. The zero-order chi connectivity index (χ0) is 12.5. The number of thiophene rings is 1. The van der Waals surface area contributed by atoms with Crippen molar-refractivity contribution in [3.8, 4) is 0 Å². The molecule has 0 saturated carbocycles. The molecule has 1 N–H and O–H groups in total. The van der Waals surface area contributed by atoms with Gasteiger partial charge in [-0.15, -0.1) is 11.3 Å². The Kier molecular flexibility index (Phi) is 3.87. The van der Waals surface area contributed by atoms with Gasteiger partial charge in [0, 0.05) is 30.6 Å². The third-order valence-electron chi connectivity index (χ3n) is 3.10. The zero-order valence-electron chi connectivity index (χ0n) is 10.1. The molecule has 0 amide bonds. The molecule has 4 nitrogen and oxygen atoms in total. The van der Waals surface area contributed by atoms with Crippen molar-refractivity contribution in [2.24, 2.45) is 0 Å². The molecule has 6 heteroatoms. The highest BCUT2D eigenvalue weighted by Crippen LogP contribution is 2.24. The van der Waals surface area contributed by atoms with Gasteiger partial charge in [0.25, 0.3) is 0 Å². The van der Waals surface area contributed by atoms with Crippen LogP contribution in [0.15, 0.2) is 11.4 Å². The summed E-state index contributed by atoms with van der Waals surface area (Å²) >= 11 is 1.82. The summed E-state index contributed by atoms with van der Waals surface area (Å²) in [6.45, 7) is 4.50. The van der Waals surface area contributed by atoms with E-state index in [1.54, 1.807) is 0 Å². The predicted molar refractivity (Wildman–Crippen MR) is 70.7 cm³/mol. The number of nitrogens with one attached hydrogen (secondary N) is 1. The molecule has 1 atom stereocenters. The van der Waals surface area contributed by atoms with Crippen LogP contribution in [0, 0.1) is 0 Å². The first-order chi connectivity index (χ1) is 7.96. The van der Waals surface area contributed by atoms with Crippen LogP contribution >= 0.6 is 11.3 Å². The molecule has 0 aromatic carbocycles. The summed E-state index contributed by atoms with van der Waals surface area (Å²) in [5, 5.41) is 2.13. The van der Waals surface area contributed by atoms with Crippen molar-refractivity contribution in [3.63, 3.8) is 0 Å². The van der Waals surface area contributed by atoms with Crippen molar-refractivity contribution in [1.82, 2.24) is 9.62 Å². The minimum atomic E-state index is -3.08. The van der Waals surface area contributed by atoms with E-state index in [4.69, 9.17) is 0 Å². The van der Waals surface area contributed by atoms with Gasteiger partial charge in [0.15, 0.2) is 0 Å². The molecule has 2 heterocycles. The minimum Gasteiger partial charge on any atom is -0.295 e. The summed E-state index contributed by atoms with van der Waals surface area (Å²) < 4.78 is 24.7. The van der Waals surface area contributed by atoms with E-state index >= 15 is 0 Å². The van der Waals surface area contributed by atoms with Gasteiger partial charge in [-0.2, -0.15) is 0 Å². The molecule has 1 aliphatic rings. The van der Waals surface area contributed by atoms with Gasteiger partial charge in [-0.1, -0.05) is 0 Å². The summed E-state index contributed by atoms with van der Waals surface area (Å²) in [7, 11) is -3.08. The van der Waals surface area contributed by atoms with Gasteiger partial charge in [0.1, 0.15) is 0 Å². The van der Waals surface area contributed by atoms with Crippen LogP contribution in [0.1, 0.15) is 17.4 Å². The van der Waals surface area contributed by atoms with Crippen molar-refractivity contribution in [2.45, 2.75) is 25.9 Å². The quantitative estimate of drug-likeness (QED) is 0.892. The van der Waals surface area contributed by atoms with Crippen molar-refractivity contribution in [3.05, 3.63) is 21.9 Å². The van der Waals surface area contributed by atoms with E-state index in [1.807, 2.05) is 11.3 Å². The fourth-order valence-electron chi connectivity index (χ4n) is 2.05. The second-order valence-corrected chi connectivity index (χ2v) is 7.39. The maximum Gasteiger partial charge on any atom is 0.208 e. The van der Waals surface area contributed by atoms with Gasteiger partial charge in [-0.25, -0.2) is 13.1 Å². The topological polar surface area (TPSA) is 49.4 Å². The van der Waals surface area contributed by atoms with Crippen molar-refractivity contribution >= 4 is 21.4 Å². The summed E-state index contributed by atoms with van der Waals surface area (Å²) in [6, 6.07) is 2.40. The number of sulfonamides is 1. The molecule has 0 saturated heterocycles. The van der Waals surface area contributed by atoms with Gasteiger partial charge < -0.3 is 0 Å². The van der Waals surface area contributed by atoms with Crippen LogP contribution in [0.3, 0.4) is 0 Å². The SMILES string of the molecule is C[C@@H](CNS(C)(=O)=O)N1CCc2sccc2C1. The molecule has 0 fully saturated rings. The number of fused-ring (bicyclic) bond motifs is 1. The summed E-state index contributed by atoms with van der Waals surface area (Å²) in [5.74, 6) is 0. The van der Waals surface area contributed by atoms with E-state index in [0.717, 1.165) is 19.5 Å². The number of nitrogens with zero attached hydrogens (tertiary/aromatic N) is 1. The normalized spacial score (nSPS) is 18.9. The Morgan fingerprint density at radius 1 is 1.59 bits per heavy atom. The summed E-state index contributed by atoms with van der Waals surface area (Å²) in [6.07, 6.45) is 2.28. The van der Waals surface area contributed by atoms with Gasteiger partial charge in [0.05, 0.1) is 6.26 Å². The summed E-state index contributed by atoms with van der Waals surface area (Å²) in [4.78, 5) is 3.80. The lowest BCUT2D eigenvalue weighted by molar-refractivity contribution is 0.193. The molecule has 1 aromatic rings. The number of hydrogen-bond donors (Lipinski definition) is 1. The molecule has 96 valence electrons. The first kappa shape index (κ1) is 13.0. The lowest BCUT2D eigenvalue weighted by Crippen LogP contribution is -2.43. The highest BCUT2D eigenvalue weighted by atomic mass is 32.2. The van der Waals surface area contributed by atoms with Crippen LogP contribution in [-0.4, -0.2) is 38.7 Å². The molecule has 1 aliphatic heterocycles. The van der Waals surface area contributed by atoms with Crippen LogP contribution in [0.4, 0.5) is 0 Å². The van der Waals surface area contributed by atoms with E-state index in [9.17, 15) is 8.42 Å². The molecular weight excluding hydrogens is 256 g/mol. The molecule has 0 spiro atoms. The zero-order valence-corrected chi connectivity index (χ0v) is 11.8. The average Bonchev–Trinajstić information content (AvgIpc) is 2.71. The Balaban J connectivity index is 1.92. The summed E-state index contributed by atoms with van der Waals surface area (Å²) in [5.41, 5.74) is 1.40. The third kappa shape index (κ3) is 3.51. The molecule has 0 bridgehead atoms. The Bertz CT molecular complexity index is 481. The first-order valence-corrected chi connectivity index (χ1v) is 8.47. The lowest BCUT2D eigenvalue weighted by atomic mass is 10.1. The van der Waals surface area contributed by atoms with E-state index in [0.29, 0.717) is 6.54 Å². The van der Waals surface area contributed by atoms with E-state index < -0.39 is 10.0 Å². The predicted octanol–water partition coefficient (Wildman–Crippen LogP) is 1.04. The molecule has 0 radical (unpaired) electrons. The molecule has 17 heavy (non-hydrogen) atoms. The fraction of sp³-hybridized carbons (Fsp3) is 0.636. The van der Waals surface area contributed by atoms with Crippen LogP contribution in [0.2, 0.25) is 0 Å². The smallest absolute Gasteiger partial charge is 0.208 e. The van der Waals surface area contributed by atoms with Crippen molar-refractivity contribution in [2.75, 3.05) is 19.3 Å². The number of hydrogen-bond acceptors (Lipinski definition) is 4. The Labute approximate surface area is 107 Å². The lowest BCUT2D eigenvalue weighted by Gasteiger charge is -2.32. The second-order valence-electron chi connectivity index (χ2n) is 4.56. The maximum atomic E-state index is 11.0. The second kappa shape index (κ2) is 5.06. The molecule has 1 aromatic heterocycles. The fourth-order valence-corrected chi connectivity index (χ4v) is 3.48. The Morgan fingerprint density at radius 3 is 3.06 bits per heavy atom. The first-order valence-electron chi connectivity index (χ1n) is 5.69. The monoisotopic (exact) mass is 274 g/mol. The van der Waals surface area contributed by atoms with Gasteiger partial charge >= 0.3 is 0 Å². The van der Waals surface area contributed by atoms with Crippen LogP contribution in [-0.2, 0) is 23.0 Å². The highest BCUT2D eigenvalue weighted by molar-refractivity contribution is 7.88. The standard InChI is InChI=1S/C11H18N2O2S2/c1-9(7-12-17(2,14)15)13-5-3-11-10(8-13)4-6-16-11/h4,6,9,12H,3,5,7-8H2,1-2H3/t9-/m0/s1. The van der Waals surface area contributed by atoms with Crippen LogP contribution < -0.4 is 4.72 Å².